The topological polar surface area (TPSA) is 205 Å². The smallest absolute Gasteiger partial charge is 0.321 e. The summed E-state index contributed by atoms with van der Waals surface area (Å²) in [6.07, 6.45) is 5.25. The molecule has 17 nitrogen and oxygen atoms in total. The van der Waals surface area contributed by atoms with Crippen molar-refractivity contribution in [1.29, 1.82) is 0 Å². The normalized spacial score (nSPS) is 28.4. The third kappa shape index (κ3) is 10.3. The zero-order chi connectivity index (χ0) is 46.8. The second-order valence-electron chi connectivity index (χ2n) is 19.0. The Morgan fingerprint density at radius 1 is 0.582 bits per heavy atom. The number of nitrogens with one attached hydrogen (secondary N) is 6. The van der Waals surface area contributed by atoms with Crippen molar-refractivity contribution in [2.75, 3.05) is 43.9 Å². The van der Waals surface area contributed by atoms with Crippen LogP contribution in [0.3, 0.4) is 0 Å². The van der Waals surface area contributed by atoms with E-state index < -0.39 is 42.0 Å². The fourth-order valence-corrected chi connectivity index (χ4v) is 10.6. The van der Waals surface area contributed by atoms with Gasteiger partial charge in [-0.25, -0.2) is 9.59 Å². The molecular weight excluding hydrogens is 853 g/mol. The first-order chi connectivity index (χ1) is 32.4. The minimum absolute atomic E-state index is 0.00234. The Morgan fingerprint density at radius 2 is 1.07 bits per heavy atom. The predicted octanol–water partition coefficient (Wildman–Crippen LogP) is 3.71. The number of rotatable bonds is 11. The van der Waals surface area contributed by atoms with Crippen LogP contribution in [0, 0.1) is 0 Å². The van der Waals surface area contributed by atoms with Crippen LogP contribution in [0.25, 0.3) is 0 Å². The molecule has 354 valence electrons. The van der Waals surface area contributed by atoms with Gasteiger partial charge in [-0.3, -0.25) is 24.0 Å². The van der Waals surface area contributed by atoms with Gasteiger partial charge in [0.15, 0.2) is 0 Å². The molecule has 6 N–H and O–H groups in total. The maximum atomic E-state index is 14.4. The largest absolute Gasteiger partial charge is 0.351 e. The Labute approximate surface area is 391 Å². The standard InChI is InChI=1S/C50H62N10O7/c1-30(51-2)45(62)56-41-29-58(25-22-36-18-20-43(60(36)48(41)65)47(64)55-40-28-38(40)32-11-7-4-8-12-32)50(67)53-34-15-13-33(14-16-34)52-49(66)57-24-21-35-17-19-42(59(35)44(61)23-26-57)46(63)54-39-27-37(39)31-9-5-3-6-10-31/h3-16,30,35-43,51H,17-29H2,1-2H3,(H,52,66)(H,53,67)(H,54,63)(H,55,64)(H,56,62)/t30-,35+,36+,37+,38+,39-,40-,41-,42-,43-/m0/s1. The summed E-state index contributed by atoms with van der Waals surface area (Å²) in [5, 5.41) is 18.0. The van der Waals surface area contributed by atoms with Gasteiger partial charge in [-0.2, -0.15) is 0 Å². The molecule has 4 heterocycles. The van der Waals surface area contributed by atoms with Crippen molar-refractivity contribution in [3.05, 3.63) is 96.1 Å². The minimum atomic E-state index is -1.09. The van der Waals surface area contributed by atoms with E-state index >= 15 is 0 Å². The van der Waals surface area contributed by atoms with Crippen molar-refractivity contribution in [1.82, 2.24) is 40.9 Å². The van der Waals surface area contributed by atoms with Crippen LogP contribution in [0.15, 0.2) is 84.9 Å². The minimum Gasteiger partial charge on any atom is -0.351 e. The number of fused-ring (bicyclic) bond motifs is 2. The molecule has 6 fully saturated rings. The predicted molar refractivity (Wildman–Crippen MR) is 251 cm³/mol. The SMILES string of the molecule is CN[C@@H](C)C(=O)N[C@H]1CN(C(=O)Nc2ccc(NC(=O)N3CCC(=O)N4[C@H](CC[C@H]4C(=O)N[C@H]4C[C@@H]4c4ccccc4)CC3)cc2)CC[C@H]2CC[C@@H](C(=O)N[C@H]3C[C@@H]3c3ccccc3)N2C1=O. The summed E-state index contributed by atoms with van der Waals surface area (Å²) in [6, 6.07) is 22.9. The van der Waals surface area contributed by atoms with E-state index in [1.54, 1.807) is 52.9 Å². The lowest BCUT2D eigenvalue weighted by Gasteiger charge is -2.39. The molecule has 9 amide bonds. The third-order valence-electron chi connectivity index (χ3n) is 14.7. The average molecular weight is 915 g/mol. The molecular formula is C50H62N10O7. The molecule has 3 aromatic rings. The molecule has 3 aromatic carbocycles. The highest BCUT2D eigenvalue weighted by molar-refractivity contribution is 5.96. The molecule has 0 spiro atoms. The van der Waals surface area contributed by atoms with E-state index in [1.807, 2.05) is 36.4 Å². The van der Waals surface area contributed by atoms with E-state index in [1.165, 1.54) is 16.0 Å². The average Bonchev–Trinajstić information content (AvgIpc) is 4.19. The molecule has 17 heteroatoms. The Hall–Kier alpha value is -6.49. The summed E-state index contributed by atoms with van der Waals surface area (Å²) in [5.74, 6) is -0.670. The van der Waals surface area contributed by atoms with Gasteiger partial charge in [0.2, 0.25) is 29.5 Å². The molecule has 0 aromatic heterocycles. The summed E-state index contributed by atoms with van der Waals surface area (Å²) in [6.45, 7) is 2.51. The molecule has 0 unspecified atom stereocenters. The molecule has 2 saturated carbocycles. The van der Waals surface area contributed by atoms with Gasteiger partial charge in [-0.1, -0.05) is 60.7 Å². The first-order valence-electron chi connectivity index (χ1n) is 24.0. The van der Waals surface area contributed by atoms with Crippen LogP contribution in [-0.4, -0.2) is 143 Å². The zero-order valence-corrected chi connectivity index (χ0v) is 38.2. The lowest BCUT2D eigenvalue weighted by molar-refractivity contribution is -0.144. The van der Waals surface area contributed by atoms with Crippen molar-refractivity contribution < 1.29 is 33.6 Å². The van der Waals surface area contributed by atoms with Crippen molar-refractivity contribution in [2.45, 2.75) is 125 Å². The maximum Gasteiger partial charge on any atom is 0.321 e. The van der Waals surface area contributed by atoms with Gasteiger partial charge in [-0.05, 0) is 101 Å². The molecule has 4 saturated heterocycles. The van der Waals surface area contributed by atoms with E-state index in [2.05, 4.69) is 56.2 Å². The number of nitrogens with zero attached hydrogens (tertiary/aromatic N) is 4. The molecule has 9 rings (SSSR count). The van der Waals surface area contributed by atoms with Gasteiger partial charge in [0.05, 0.1) is 12.6 Å². The van der Waals surface area contributed by atoms with E-state index in [-0.39, 0.29) is 79.9 Å². The van der Waals surface area contributed by atoms with Crippen LogP contribution in [0.1, 0.15) is 87.7 Å². The van der Waals surface area contributed by atoms with Crippen LogP contribution in [0.4, 0.5) is 21.0 Å². The number of anilines is 2. The second kappa shape index (κ2) is 19.8. The van der Waals surface area contributed by atoms with E-state index in [0.717, 1.165) is 12.8 Å². The molecule has 2 aliphatic carbocycles. The number of urea groups is 2. The monoisotopic (exact) mass is 914 g/mol. The highest BCUT2D eigenvalue weighted by Gasteiger charge is 2.49. The van der Waals surface area contributed by atoms with Gasteiger partial charge in [-0.15, -0.1) is 0 Å². The van der Waals surface area contributed by atoms with Crippen LogP contribution in [-0.2, 0) is 24.0 Å². The van der Waals surface area contributed by atoms with E-state index in [9.17, 15) is 33.6 Å². The summed E-state index contributed by atoms with van der Waals surface area (Å²) in [7, 11) is 1.65. The number of hydrogen-bond donors (Lipinski definition) is 6. The van der Waals surface area contributed by atoms with E-state index in [0.29, 0.717) is 62.4 Å². The number of carbonyl (C=O) groups is 7. The molecule has 67 heavy (non-hydrogen) atoms. The lowest BCUT2D eigenvalue weighted by atomic mass is 10.1. The summed E-state index contributed by atoms with van der Waals surface area (Å²) < 4.78 is 0. The Bertz CT molecular complexity index is 2340. The van der Waals surface area contributed by atoms with Gasteiger partial charge in [0.25, 0.3) is 0 Å². The van der Waals surface area contributed by atoms with Crippen molar-refractivity contribution >= 4 is 53.0 Å². The van der Waals surface area contributed by atoms with Crippen LogP contribution < -0.4 is 31.9 Å². The third-order valence-corrected chi connectivity index (χ3v) is 14.7. The quantitative estimate of drug-likeness (QED) is 0.167. The molecule has 4 aliphatic heterocycles. The number of amides is 9. The Balaban J connectivity index is 0.775. The fraction of sp³-hybridized carbons (Fsp3) is 0.500. The highest BCUT2D eigenvalue weighted by Crippen LogP contribution is 2.42. The van der Waals surface area contributed by atoms with Crippen molar-refractivity contribution in [3.8, 4) is 0 Å². The van der Waals surface area contributed by atoms with Crippen molar-refractivity contribution in [3.63, 3.8) is 0 Å². The van der Waals surface area contributed by atoms with Crippen LogP contribution >= 0.6 is 0 Å². The van der Waals surface area contributed by atoms with Crippen LogP contribution in [0.5, 0.6) is 0 Å². The molecule has 0 radical (unpaired) electrons. The number of benzene rings is 3. The summed E-state index contributed by atoms with van der Waals surface area (Å²) >= 11 is 0. The lowest BCUT2D eigenvalue weighted by Crippen LogP contribution is -2.62. The zero-order valence-electron chi connectivity index (χ0n) is 38.2. The van der Waals surface area contributed by atoms with E-state index in [4.69, 9.17) is 0 Å². The number of likely N-dealkylation sites (N-methyl/N-ethyl adjacent to an activating group) is 1. The van der Waals surface area contributed by atoms with Crippen molar-refractivity contribution in [2.24, 2.45) is 0 Å². The van der Waals surface area contributed by atoms with Gasteiger partial charge in [0, 0.05) is 73.4 Å². The number of hydrogen-bond acceptors (Lipinski definition) is 8. The van der Waals surface area contributed by atoms with Gasteiger partial charge in [0.1, 0.15) is 18.1 Å². The molecule has 6 aliphatic rings. The van der Waals surface area contributed by atoms with Crippen LogP contribution in [0.2, 0.25) is 0 Å². The maximum absolute atomic E-state index is 14.4. The second-order valence-corrected chi connectivity index (χ2v) is 19.0. The highest BCUT2D eigenvalue weighted by atomic mass is 16.2. The summed E-state index contributed by atoms with van der Waals surface area (Å²) in [5.41, 5.74) is 3.34. The van der Waals surface area contributed by atoms with Gasteiger partial charge < -0.3 is 51.5 Å². The first kappa shape index (κ1) is 45.7. The molecule has 10 atom stereocenters. The Kier molecular flexibility index (Phi) is 13.5. The summed E-state index contributed by atoms with van der Waals surface area (Å²) in [4.78, 5) is 102. The Morgan fingerprint density at radius 3 is 1.61 bits per heavy atom. The number of carbonyl (C=O) groups excluding carboxylic acids is 7. The fourth-order valence-electron chi connectivity index (χ4n) is 10.6. The van der Waals surface area contributed by atoms with Gasteiger partial charge >= 0.3 is 12.1 Å². The first-order valence-corrected chi connectivity index (χ1v) is 24.0. The molecule has 0 bridgehead atoms.